The Balaban J connectivity index is 3.50. The maximum absolute atomic E-state index is 10.2. The van der Waals surface area contributed by atoms with Crippen molar-refractivity contribution in [1.82, 2.24) is 0 Å². The summed E-state index contributed by atoms with van der Waals surface area (Å²) in [5, 5.41) is 11.4. The molecule has 0 unspecified atom stereocenters. The number of methoxy groups -OCH3 is 1. The van der Waals surface area contributed by atoms with Crippen molar-refractivity contribution < 1.29 is 9.84 Å². The topological polar surface area (TPSA) is 29.5 Å². The first-order valence-corrected chi connectivity index (χ1v) is 9.48. The molecule has 0 aliphatic carbocycles. The van der Waals surface area contributed by atoms with E-state index in [0.717, 1.165) is 15.4 Å². The predicted molar refractivity (Wildman–Crippen MR) is 79.2 cm³/mol. The summed E-state index contributed by atoms with van der Waals surface area (Å²) < 4.78 is 6.21. The van der Waals surface area contributed by atoms with Crippen LogP contribution in [0.5, 0.6) is 11.5 Å². The molecule has 0 fully saturated rings. The molecule has 17 heavy (non-hydrogen) atoms. The number of hydrogen-bond donors (Lipinski definition) is 1. The molecule has 4 heteroatoms. The van der Waals surface area contributed by atoms with Crippen molar-refractivity contribution in [1.29, 1.82) is 0 Å². The first-order valence-electron chi connectivity index (χ1n) is 5.69. The zero-order valence-electron chi connectivity index (χ0n) is 11.4. The lowest BCUT2D eigenvalue weighted by molar-refractivity contribution is 0.410. The molecule has 2 nitrogen and oxygen atoms in total. The van der Waals surface area contributed by atoms with Crippen molar-refractivity contribution in [3.05, 3.63) is 16.6 Å². The van der Waals surface area contributed by atoms with Crippen LogP contribution < -0.4 is 9.92 Å². The summed E-state index contributed by atoms with van der Waals surface area (Å²) in [7, 11) is -0.149. The number of halogens is 1. The second-order valence-electron chi connectivity index (χ2n) is 5.85. The molecule has 1 N–H and O–H groups in total. The molecule has 1 rings (SSSR count). The van der Waals surface area contributed by atoms with E-state index < -0.39 is 8.07 Å². The van der Waals surface area contributed by atoms with Crippen LogP contribution in [0.3, 0.4) is 0 Å². The number of phenols is 1. The minimum atomic E-state index is -1.79. The lowest BCUT2D eigenvalue weighted by Gasteiger charge is -2.38. The highest BCUT2D eigenvalue weighted by Crippen LogP contribution is 2.40. The molecule has 0 radical (unpaired) electrons. The van der Waals surface area contributed by atoms with Gasteiger partial charge in [-0.3, -0.25) is 0 Å². The lowest BCUT2D eigenvalue weighted by Crippen LogP contribution is -2.50. The van der Waals surface area contributed by atoms with Crippen molar-refractivity contribution in [3.63, 3.8) is 0 Å². The van der Waals surface area contributed by atoms with Crippen molar-refractivity contribution in [2.75, 3.05) is 7.11 Å². The Morgan fingerprint density at radius 1 is 1.24 bits per heavy atom. The average Bonchev–Trinajstić information content (AvgIpc) is 2.15. The van der Waals surface area contributed by atoms with E-state index in [1.165, 1.54) is 0 Å². The van der Waals surface area contributed by atoms with Crippen molar-refractivity contribution in [2.45, 2.75) is 38.9 Å². The zero-order chi connectivity index (χ0) is 13.4. The van der Waals surface area contributed by atoms with Crippen LogP contribution in [0.25, 0.3) is 0 Å². The van der Waals surface area contributed by atoms with E-state index in [1.54, 1.807) is 19.2 Å². The van der Waals surface area contributed by atoms with E-state index in [2.05, 4.69) is 49.8 Å². The van der Waals surface area contributed by atoms with Crippen molar-refractivity contribution >= 4 is 29.2 Å². The normalized spacial score (nSPS) is 12.6. The van der Waals surface area contributed by atoms with Crippen LogP contribution in [0.1, 0.15) is 20.8 Å². The largest absolute Gasteiger partial charge is 0.508 e. The molecule has 96 valence electrons. The number of phenolic OH excluding ortho intramolecular Hbond substituents is 1. The molecule has 0 atom stereocenters. The van der Waals surface area contributed by atoms with E-state index in [1.807, 2.05) is 0 Å². The highest BCUT2D eigenvalue weighted by molar-refractivity contribution is 9.10. The standard InChI is InChI=1S/C13H21BrO2Si/c1-13(2,3)17(5,6)12-9(15)7-8-10(16-4)11(12)14/h7-8,15H,1-6H3. The van der Waals surface area contributed by atoms with Gasteiger partial charge in [0.15, 0.2) is 0 Å². The zero-order valence-corrected chi connectivity index (χ0v) is 14.0. The minimum absolute atomic E-state index is 0.166. The summed E-state index contributed by atoms with van der Waals surface area (Å²) in [5.74, 6) is 1.15. The molecule has 0 saturated carbocycles. The van der Waals surface area contributed by atoms with Crippen LogP contribution in [-0.2, 0) is 0 Å². The van der Waals surface area contributed by atoms with Crippen LogP contribution in [0.4, 0.5) is 0 Å². The van der Waals surface area contributed by atoms with Gasteiger partial charge in [0, 0.05) is 0 Å². The fourth-order valence-electron chi connectivity index (χ4n) is 1.67. The molecule has 0 bridgehead atoms. The second kappa shape index (κ2) is 4.65. The highest BCUT2D eigenvalue weighted by atomic mass is 79.9. The molecule has 0 spiro atoms. The molecule has 0 amide bonds. The predicted octanol–water partition coefficient (Wildman–Crippen LogP) is 3.88. The molecule has 1 aromatic rings. The van der Waals surface area contributed by atoms with Gasteiger partial charge in [-0.2, -0.15) is 0 Å². The number of benzene rings is 1. The van der Waals surface area contributed by atoms with Crippen LogP contribution in [0.15, 0.2) is 16.6 Å². The number of rotatable bonds is 2. The highest BCUT2D eigenvalue weighted by Gasteiger charge is 2.40. The van der Waals surface area contributed by atoms with Gasteiger partial charge in [0.2, 0.25) is 0 Å². The third-order valence-electron chi connectivity index (χ3n) is 3.80. The molecule has 0 heterocycles. The quantitative estimate of drug-likeness (QED) is 0.839. The smallest absolute Gasteiger partial charge is 0.133 e. The van der Waals surface area contributed by atoms with Crippen LogP contribution in [-0.4, -0.2) is 20.3 Å². The Morgan fingerprint density at radius 3 is 2.18 bits per heavy atom. The van der Waals surface area contributed by atoms with Gasteiger partial charge in [-0.1, -0.05) is 33.9 Å². The van der Waals surface area contributed by atoms with E-state index >= 15 is 0 Å². The molecule has 0 aliphatic rings. The Hall–Kier alpha value is -0.483. The number of hydrogen-bond acceptors (Lipinski definition) is 2. The van der Waals surface area contributed by atoms with Gasteiger partial charge >= 0.3 is 0 Å². The molecule has 0 saturated heterocycles. The van der Waals surface area contributed by atoms with E-state index in [-0.39, 0.29) is 5.04 Å². The van der Waals surface area contributed by atoms with Crippen molar-refractivity contribution in [3.8, 4) is 11.5 Å². The van der Waals surface area contributed by atoms with Gasteiger partial charge in [-0.05, 0) is 38.3 Å². The van der Waals surface area contributed by atoms with E-state index in [0.29, 0.717) is 5.75 Å². The molecular formula is C13H21BrO2Si. The van der Waals surface area contributed by atoms with E-state index in [4.69, 9.17) is 4.74 Å². The summed E-state index contributed by atoms with van der Waals surface area (Å²) >= 11 is 3.57. The number of aromatic hydroxyl groups is 1. The monoisotopic (exact) mass is 316 g/mol. The first-order chi connectivity index (χ1) is 7.63. The van der Waals surface area contributed by atoms with Crippen molar-refractivity contribution in [2.24, 2.45) is 0 Å². The summed E-state index contributed by atoms with van der Waals surface area (Å²) in [6.07, 6.45) is 0. The Bertz CT molecular complexity index is 422. The summed E-state index contributed by atoms with van der Waals surface area (Å²) in [5.41, 5.74) is 0. The Morgan fingerprint density at radius 2 is 1.76 bits per heavy atom. The summed E-state index contributed by atoms with van der Waals surface area (Å²) in [6.45, 7) is 11.2. The fourth-order valence-corrected chi connectivity index (χ4v) is 5.80. The van der Waals surface area contributed by atoms with Crippen LogP contribution in [0, 0.1) is 0 Å². The maximum Gasteiger partial charge on any atom is 0.133 e. The minimum Gasteiger partial charge on any atom is -0.508 e. The third-order valence-corrected chi connectivity index (χ3v) is 10.5. The summed E-state index contributed by atoms with van der Waals surface area (Å²) in [4.78, 5) is 0. The molecule has 0 aliphatic heterocycles. The van der Waals surface area contributed by atoms with Gasteiger partial charge in [0.25, 0.3) is 0 Å². The van der Waals surface area contributed by atoms with Crippen LogP contribution in [0.2, 0.25) is 18.1 Å². The third kappa shape index (κ3) is 2.52. The average molecular weight is 317 g/mol. The molecule has 1 aromatic carbocycles. The Labute approximate surface area is 113 Å². The maximum atomic E-state index is 10.2. The Kier molecular flexibility index (Phi) is 3.99. The van der Waals surface area contributed by atoms with Gasteiger partial charge < -0.3 is 9.84 Å². The number of ether oxygens (including phenoxy) is 1. The van der Waals surface area contributed by atoms with Gasteiger partial charge in [-0.25, -0.2) is 0 Å². The van der Waals surface area contributed by atoms with Crippen LogP contribution >= 0.6 is 15.9 Å². The first kappa shape index (κ1) is 14.6. The molecule has 0 aromatic heterocycles. The SMILES string of the molecule is COc1ccc(O)c([Si](C)(C)C(C)(C)C)c1Br. The molecular weight excluding hydrogens is 296 g/mol. The second-order valence-corrected chi connectivity index (χ2v) is 11.9. The lowest BCUT2D eigenvalue weighted by atomic mass is 10.2. The van der Waals surface area contributed by atoms with Gasteiger partial charge in [0.1, 0.15) is 11.5 Å². The summed E-state index contributed by atoms with van der Waals surface area (Å²) in [6, 6.07) is 3.51. The van der Waals surface area contributed by atoms with E-state index in [9.17, 15) is 5.11 Å². The van der Waals surface area contributed by atoms with Gasteiger partial charge in [-0.15, -0.1) is 0 Å². The van der Waals surface area contributed by atoms with Gasteiger partial charge in [0.05, 0.1) is 19.7 Å². The fraction of sp³-hybridized carbons (Fsp3) is 0.538.